The monoisotopic (exact) mass is 369 g/mol. The van der Waals surface area contributed by atoms with Gasteiger partial charge in [0.05, 0.1) is 5.71 Å². The molecule has 0 aromatic heterocycles. The van der Waals surface area contributed by atoms with Crippen molar-refractivity contribution in [3.63, 3.8) is 0 Å². The Kier molecular flexibility index (Phi) is 9.93. The minimum atomic E-state index is -1.82. The molecule has 26 heavy (non-hydrogen) atoms. The molecule has 6 N–H and O–H groups in total. The molecule has 9 nitrogen and oxygen atoms in total. The third-order valence-electron chi connectivity index (χ3n) is 2.85. The highest BCUT2D eigenvalue weighted by Gasteiger charge is 2.12. The largest absolute Gasteiger partial charge is 0.473 e. The van der Waals surface area contributed by atoms with Crippen molar-refractivity contribution in [1.82, 2.24) is 5.32 Å². The molecule has 9 heteroatoms. The Bertz CT molecular complexity index is 596. The van der Waals surface area contributed by atoms with Crippen LogP contribution in [0.4, 0.5) is 5.69 Å². The number of benzene rings is 1. The van der Waals surface area contributed by atoms with Crippen molar-refractivity contribution < 1.29 is 29.7 Å². The van der Waals surface area contributed by atoms with E-state index in [1.54, 1.807) is 0 Å². The molecular formula is C17H27N3O6. The van der Waals surface area contributed by atoms with Crippen LogP contribution in [0.2, 0.25) is 0 Å². The summed E-state index contributed by atoms with van der Waals surface area (Å²) >= 11 is 0. The van der Waals surface area contributed by atoms with Gasteiger partial charge in [0.1, 0.15) is 12.7 Å². The van der Waals surface area contributed by atoms with Crippen molar-refractivity contribution in [2.24, 2.45) is 5.16 Å². The van der Waals surface area contributed by atoms with Gasteiger partial charge in [0.15, 0.2) is 0 Å². The predicted molar refractivity (Wildman–Crippen MR) is 98.1 cm³/mol. The number of rotatable bonds is 6. The predicted octanol–water partition coefficient (Wildman–Crippen LogP) is 0.914. The number of β-amino-alcohol motifs (C(OH)–C–C–N with tert-alkyl or cyclic N) is 1. The van der Waals surface area contributed by atoms with Crippen LogP contribution in [0.3, 0.4) is 0 Å². The molecule has 0 aliphatic heterocycles. The summed E-state index contributed by atoms with van der Waals surface area (Å²) in [5.41, 5.74) is 8.01. The SMILES string of the molecule is C/C(=N\OCC(O)CNC(C)(C)C)c1ccc(N)cc1.O=C(O)C(=O)O. The molecule has 1 aromatic carbocycles. The topological polar surface area (TPSA) is 154 Å². The highest BCUT2D eigenvalue weighted by molar-refractivity contribution is 6.27. The van der Waals surface area contributed by atoms with Crippen molar-refractivity contribution in [1.29, 1.82) is 0 Å². The van der Waals surface area contributed by atoms with Crippen molar-refractivity contribution in [3.8, 4) is 0 Å². The minimum Gasteiger partial charge on any atom is -0.473 e. The summed E-state index contributed by atoms with van der Waals surface area (Å²) < 4.78 is 0. The molecule has 0 fully saturated rings. The van der Waals surface area contributed by atoms with Gasteiger partial charge in [0, 0.05) is 17.8 Å². The van der Waals surface area contributed by atoms with E-state index in [-0.39, 0.29) is 12.1 Å². The highest BCUT2D eigenvalue weighted by Crippen LogP contribution is 2.07. The van der Waals surface area contributed by atoms with Gasteiger partial charge in [-0.2, -0.15) is 0 Å². The molecule has 0 saturated heterocycles. The maximum absolute atomic E-state index is 9.76. The Morgan fingerprint density at radius 1 is 1.19 bits per heavy atom. The Hall–Kier alpha value is -2.65. The van der Waals surface area contributed by atoms with Gasteiger partial charge in [-0.1, -0.05) is 17.3 Å². The summed E-state index contributed by atoms with van der Waals surface area (Å²) in [4.78, 5) is 23.4. The highest BCUT2D eigenvalue weighted by atomic mass is 16.6. The first-order valence-electron chi connectivity index (χ1n) is 7.84. The van der Waals surface area contributed by atoms with Crippen molar-refractivity contribution in [2.45, 2.75) is 39.3 Å². The van der Waals surface area contributed by atoms with Gasteiger partial charge in [0.2, 0.25) is 0 Å². The summed E-state index contributed by atoms with van der Waals surface area (Å²) in [7, 11) is 0. The van der Waals surface area contributed by atoms with Crippen LogP contribution in [0.1, 0.15) is 33.3 Å². The van der Waals surface area contributed by atoms with E-state index in [0.29, 0.717) is 12.2 Å². The first kappa shape index (κ1) is 23.4. The molecule has 0 heterocycles. The zero-order valence-corrected chi connectivity index (χ0v) is 15.4. The minimum absolute atomic E-state index is 0.0237. The lowest BCUT2D eigenvalue weighted by Crippen LogP contribution is -2.42. The standard InChI is InChI=1S/C15H25N3O2.C2H2O4/c1-11(12-5-7-13(16)8-6-12)18-20-10-14(19)9-17-15(2,3)4;3-1(4)2(5)6/h5-8,14,17,19H,9-10,16H2,1-4H3;(H,3,4)(H,5,6)/b18-11+;. The van der Waals surface area contributed by atoms with E-state index in [2.05, 4.69) is 10.5 Å². The smallest absolute Gasteiger partial charge is 0.414 e. The molecule has 1 aromatic rings. The lowest BCUT2D eigenvalue weighted by atomic mass is 10.1. The van der Waals surface area contributed by atoms with Gasteiger partial charge in [-0.3, -0.25) is 0 Å². The Morgan fingerprint density at radius 2 is 1.69 bits per heavy atom. The molecule has 0 saturated carbocycles. The number of aliphatic carboxylic acids is 2. The second-order valence-electron chi connectivity index (χ2n) is 6.49. The Labute approximate surface area is 152 Å². The number of nitrogens with one attached hydrogen (secondary N) is 1. The first-order chi connectivity index (χ1) is 11.9. The van der Waals surface area contributed by atoms with E-state index < -0.39 is 18.0 Å². The van der Waals surface area contributed by atoms with Crippen LogP contribution in [0, 0.1) is 0 Å². The summed E-state index contributed by atoms with van der Waals surface area (Å²) in [6.45, 7) is 8.62. The van der Waals surface area contributed by atoms with E-state index in [1.807, 2.05) is 52.0 Å². The average molecular weight is 369 g/mol. The zero-order valence-electron chi connectivity index (χ0n) is 15.4. The Balaban J connectivity index is 0.000000896. The summed E-state index contributed by atoms with van der Waals surface area (Å²) in [6.07, 6.45) is -0.586. The second kappa shape index (κ2) is 11.1. The van der Waals surface area contributed by atoms with E-state index in [0.717, 1.165) is 11.3 Å². The number of carboxylic acid groups (broad SMARTS) is 2. The van der Waals surface area contributed by atoms with Crippen LogP contribution in [-0.4, -0.2) is 57.8 Å². The van der Waals surface area contributed by atoms with E-state index in [1.165, 1.54) is 0 Å². The molecule has 0 aliphatic carbocycles. The Morgan fingerprint density at radius 3 is 2.12 bits per heavy atom. The van der Waals surface area contributed by atoms with E-state index in [9.17, 15) is 5.11 Å². The molecular weight excluding hydrogens is 342 g/mol. The van der Waals surface area contributed by atoms with E-state index >= 15 is 0 Å². The van der Waals surface area contributed by atoms with Gasteiger partial charge < -0.3 is 31.2 Å². The van der Waals surface area contributed by atoms with Crippen LogP contribution < -0.4 is 11.1 Å². The van der Waals surface area contributed by atoms with Crippen molar-refractivity contribution in [2.75, 3.05) is 18.9 Å². The summed E-state index contributed by atoms with van der Waals surface area (Å²) in [6, 6.07) is 7.40. The summed E-state index contributed by atoms with van der Waals surface area (Å²) in [5.74, 6) is -3.65. The van der Waals surface area contributed by atoms with Crippen LogP contribution >= 0.6 is 0 Å². The number of aliphatic hydroxyl groups is 1. The maximum Gasteiger partial charge on any atom is 0.414 e. The fraction of sp³-hybridized carbons (Fsp3) is 0.471. The fourth-order valence-corrected chi connectivity index (χ4v) is 1.48. The molecule has 0 bridgehead atoms. The number of oxime groups is 1. The number of nitrogens with zero attached hydrogens (tertiary/aromatic N) is 1. The molecule has 0 amide bonds. The molecule has 1 atom stereocenters. The van der Waals surface area contributed by atoms with Crippen LogP contribution in [0.25, 0.3) is 0 Å². The van der Waals surface area contributed by atoms with Crippen LogP contribution in [0.15, 0.2) is 29.4 Å². The molecule has 1 unspecified atom stereocenters. The molecule has 0 radical (unpaired) electrons. The number of hydrogen-bond donors (Lipinski definition) is 5. The first-order valence-corrected chi connectivity index (χ1v) is 7.84. The van der Waals surface area contributed by atoms with Gasteiger partial charge in [-0.25, -0.2) is 9.59 Å². The van der Waals surface area contributed by atoms with Gasteiger partial charge in [-0.15, -0.1) is 0 Å². The van der Waals surface area contributed by atoms with Gasteiger partial charge >= 0.3 is 11.9 Å². The molecule has 0 aliphatic rings. The van der Waals surface area contributed by atoms with Crippen LogP contribution in [-0.2, 0) is 14.4 Å². The average Bonchev–Trinajstić information content (AvgIpc) is 2.53. The lowest BCUT2D eigenvalue weighted by molar-refractivity contribution is -0.159. The number of aliphatic hydroxyl groups excluding tert-OH is 1. The number of nitrogens with two attached hydrogens (primary N) is 1. The quantitative estimate of drug-likeness (QED) is 0.214. The van der Waals surface area contributed by atoms with Crippen molar-refractivity contribution >= 4 is 23.3 Å². The van der Waals surface area contributed by atoms with Gasteiger partial charge in [0.25, 0.3) is 0 Å². The molecule has 1 rings (SSSR count). The normalized spacial score (nSPS) is 12.6. The van der Waals surface area contributed by atoms with E-state index in [4.69, 9.17) is 30.4 Å². The lowest BCUT2D eigenvalue weighted by Gasteiger charge is -2.22. The summed E-state index contributed by atoms with van der Waals surface area (Å²) in [5, 5.41) is 31.7. The zero-order chi connectivity index (χ0) is 20.3. The number of hydrogen-bond acceptors (Lipinski definition) is 7. The number of carbonyl (C=O) groups is 2. The maximum atomic E-state index is 9.76. The van der Waals surface area contributed by atoms with Crippen molar-refractivity contribution in [3.05, 3.63) is 29.8 Å². The molecule has 0 spiro atoms. The molecule has 146 valence electrons. The number of carboxylic acids is 2. The third-order valence-corrected chi connectivity index (χ3v) is 2.85. The fourth-order valence-electron chi connectivity index (χ4n) is 1.48. The second-order valence-corrected chi connectivity index (χ2v) is 6.49. The number of anilines is 1. The van der Waals surface area contributed by atoms with Gasteiger partial charge in [-0.05, 0) is 45.4 Å². The third kappa shape index (κ3) is 11.8. The van der Waals surface area contributed by atoms with Crippen LogP contribution in [0.5, 0.6) is 0 Å². The number of nitrogen functional groups attached to an aromatic ring is 1.